The van der Waals surface area contributed by atoms with Gasteiger partial charge in [-0.15, -0.1) is 0 Å². The molecule has 30 heavy (non-hydrogen) atoms. The third-order valence-electron chi connectivity index (χ3n) is 3.80. The zero-order chi connectivity index (χ0) is 22.5. The fourth-order valence-electron chi connectivity index (χ4n) is 2.56. The molecule has 0 saturated heterocycles. The van der Waals surface area contributed by atoms with Crippen LogP contribution in [0.1, 0.15) is 31.9 Å². The third kappa shape index (κ3) is 6.68. The van der Waals surface area contributed by atoms with Crippen molar-refractivity contribution in [3.8, 4) is 5.75 Å². The average molecular weight is 424 g/mol. The molecule has 0 aliphatic rings. The van der Waals surface area contributed by atoms with Crippen molar-refractivity contribution in [2.45, 2.75) is 39.0 Å². The highest BCUT2D eigenvalue weighted by Gasteiger charge is 2.31. The maximum Gasteiger partial charge on any atom is 0.416 e. The van der Waals surface area contributed by atoms with Gasteiger partial charge in [0, 0.05) is 5.56 Å². The molecule has 2 aromatic carbocycles. The van der Waals surface area contributed by atoms with Crippen LogP contribution in [0.4, 0.5) is 29.3 Å². The van der Waals surface area contributed by atoms with Gasteiger partial charge in [-0.2, -0.15) is 13.2 Å². The van der Waals surface area contributed by atoms with Gasteiger partial charge in [0.2, 0.25) is 5.91 Å². The van der Waals surface area contributed by atoms with Gasteiger partial charge in [-0.3, -0.25) is 10.1 Å². The van der Waals surface area contributed by atoms with Gasteiger partial charge in [0.25, 0.3) is 0 Å². The minimum Gasteiger partial charge on any atom is -0.496 e. The van der Waals surface area contributed by atoms with E-state index < -0.39 is 29.3 Å². The smallest absolute Gasteiger partial charge is 0.416 e. The number of hydrogen-bond donors (Lipinski definition) is 2. The normalized spacial score (nSPS) is 11.6. The molecule has 2 aromatic rings. The van der Waals surface area contributed by atoms with E-state index in [0.717, 1.165) is 18.2 Å². The minimum absolute atomic E-state index is 0.0226. The zero-order valence-electron chi connectivity index (χ0n) is 17.0. The first-order valence-electron chi connectivity index (χ1n) is 9.02. The summed E-state index contributed by atoms with van der Waals surface area (Å²) in [6.07, 6.45) is -5.61. The molecule has 0 saturated carbocycles. The first kappa shape index (κ1) is 23.1. The van der Waals surface area contributed by atoms with Crippen LogP contribution in [0.15, 0.2) is 42.5 Å². The van der Waals surface area contributed by atoms with Crippen LogP contribution in [-0.4, -0.2) is 24.7 Å². The van der Waals surface area contributed by atoms with Crippen molar-refractivity contribution in [2.24, 2.45) is 0 Å². The fraction of sp³-hybridized carbons (Fsp3) is 0.333. The van der Waals surface area contributed by atoms with Gasteiger partial charge in [-0.05, 0) is 45.0 Å². The van der Waals surface area contributed by atoms with Crippen molar-refractivity contribution < 1.29 is 32.2 Å². The van der Waals surface area contributed by atoms with Crippen molar-refractivity contribution in [3.05, 3.63) is 53.6 Å². The van der Waals surface area contributed by atoms with Crippen LogP contribution >= 0.6 is 0 Å². The van der Waals surface area contributed by atoms with E-state index in [-0.39, 0.29) is 17.8 Å². The highest BCUT2D eigenvalue weighted by atomic mass is 19.4. The molecule has 0 spiro atoms. The van der Waals surface area contributed by atoms with Crippen LogP contribution in [0.25, 0.3) is 0 Å². The number of alkyl halides is 3. The predicted molar refractivity (Wildman–Crippen MR) is 107 cm³/mol. The number of carbonyl (C=O) groups is 2. The number of para-hydroxylation sites is 1. The summed E-state index contributed by atoms with van der Waals surface area (Å²) in [5, 5.41) is 4.80. The molecule has 0 atom stereocenters. The molecule has 2 N–H and O–H groups in total. The van der Waals surface area contributed by atoms with E-state index in [1.54, 1.807) is 45.0 Å². The molecule has 6 nitrogen and oxygen atoms in total. The Morgan fingerprint density at radius 2 is 1.63 bits per heavy atom. The summed E-state index contributed by atoms with van der Waals surface area (Å²) < 4.78 is 49.7. The SMILES string of the molecule is COc1ccccc1CC(=O)Nc1cc(C(F)(F)F)ccc1NC(=O)OC(C)(C)C. The lowest BCUT2D eigenvalue weighted by atomic mass is 10.1. The van der Waals surface area contributed by atoms with Crippen molar-refractivity contribution >= 4 is 23.4 Å². The van der Waals surface area contributed by atoms with E-state index in [4.69, 9.17) is 9.47 Å². The van der Waals surface area contributed by atoms with Crippen molar-refractivity contribution in [3.63, 3.8) is 0 Å². The quantitative estimate of drug-likeness (QED) is 0.688. The number of anilines is 2. The first-order chi connectivity index (χ1) is 13.9. The molecule has 0 heterocycles. The molecule has 0 bridgehead atoms. The molecule has 0 unspecified atom stereocenters. The van der Waals surface area contributed by atoms with E-state index in [1.807, 2.05) is 0 Å². The van der Waals surface area contributed by atoms with Crippen LogP contribution in [0.2, 0.25) is 0 Å². The van der Waals surface area contributed by atoms with Gasteiger partial charge in [0.15, 0.2) is 0 Å². The number of amides is 2. The highest BCUT2D eigenvalue weighted by molar-refractivity contribution is 5.99. The molecule has 162 valence electrons. The molecule has 0 aliphatic heterocycles. The Morgan fingerprint density at radius 1 is 0.967 bits per heavy atom. The maximum atomic E-state index is 13.1. The maximum absolute atomic E-state index is 13.1. The summed E-state index contributed by atoms with van der Waals surface area (Å²) >= 11 is 0. The standard InChI is InChI=1S/C21H23F3N2O4/c1-20(2,3)30-19(28)26-15-10-9-14(21(22,23)24)12-16(15)25-18(27)11-13-7-5-6-8-17(13)29-4/h5-10,12H,11H2,1-4H3,(H,25,27)(H,26,28). The van der Waals surface area contributed by atoms with Crippen LogP contribution in [0.5, 0.6) is 5.75 Å². The molecule has 0 radical (unpaired) electrons. The summed E-state index contributed by atoms with van der Waals surface area (Å²) in [5.41, 5.74) is -1.43. The average Bonchev–Trinajstić information content (AvgIpc) is 2.61. The van der Waals surface area contributed by atoms with Crippen LogP contribution < -0.4 is 15.4 Å². The second kappa shape index (κ2) is 9.06. The molecular formula is C21H23F3N2O4. The van der Waals surface area contributed by atoms with Gasteiger partial charge >= 0.3 is 12.3 Å². The Morgan fingerprint density at radius 3 is 2.23 bits per heavy atom. The number of halogens is 3. The van der Waals surface area contributed by atoms with Gasteiger partial charge in [0.05, 0.1) is 30.5 Å². The molecule has 0 aromatic heterocycles. The lowest BCUT2D eigenvalue weighted by Gasteiger charge is -2.21. The number of rotatable bonds is 5. The number of hydrogen-bond acceptors (Lipinski definition) is 4. The number of carbonyl (C=O) groups excluding carboxylic acids is 2. The molecule has 0 fully saturated rings. The number of benzene rings is 2. The molecule has 0 aliphatic carbocycles. The monoisotopic (exact) mass is 424 g/mol. The Bertz CT molecular complexity index is 921. The molecular weight excluding hydrogens is 401 g/mol. The van der Waals surface area contributed by atoms with Crippen LogP contribution in [-0.2, 0) is 22.1 Å². The van der Waals surface area contributed by atoms with Crippen molar-refractivity contribution in [2.75, 3.05) is 17.7 Å². The molecule has 9 heteroatoms. The van der Waals surface area contributed by atoms with E-state index >= 15 is 0 Å². The van der Waals surface area contributed by atoms with Crippen molar-refractivity contribution in [1.29, 1.82) is 0 Å². The van der Waals surface area contributed by atoms with Crippen molar-refractivity contribution in [1.82, 2.24) is 0 Å². The van der Waals surface area contributed by atoms with Gasteiger partial charge in [0.1, 0.15) is 11.4 Å². The molecule has 2 rings (SSSR count). The summed E-state index contributed by atoms with van der Waals surface area (Å²) in [5.74, 6) is -0.102. The Balaban J connectivity index is 2.28. The largest absolute Gasteiger partial charge is 0.496 e. The van der Waals surface area contributed by atoms with E-state index in [2.05, 4.69) is 10.6 Å². The zero-order valence-corrected chi connectivity index (χ0v) is 17.0. The summed E-state index contributed by atoms with van der Waals surface area (Å²) in [7, 11) is 1.45. The first-order valence-corrected chi connectivity index (χ1v) is 9.02. The van der Waals surface area contributed by atoms with Gasteiger partial charge < -0.3 is 14.8 Å². The summed E-state index contributed by atoms with van der Waals surface area (Å²) in [6.45, 7) is 4.94. The Labute approximate surface area is 172 Å². The third-order valence-corrected chi connectivity index (χ3v) is 3.80. The van der Waals surface area contributed by atoms with Gasteiger partial charge in [-0.25, -0.2) is 4.79 Å². The van der Waals surface area contributed by atoms with Crippen LogP contribution in [0.3, 0.4) is 0 Å². The lowest BCUT2D eigenvalue weighted by molar-refractivity contribution is -0.137. The highest BCUT2D eigenvalue weighted by Crippen LogP contribution is 2.34. The van der Waals surface area contributed by atoms with Gasteiger partial charge in [-0.1, -0.05) is 18.2 Å². The van der Waals surface area contributed by atoms with E-state index in [0.29, 0.717) is 11.3 Å². The summed E-state index contributed by atoms with van der Waals surface area (Å²) in [6, 6.07) is 9.41. The topological polar surface area (TPSA) is 76.7 Å². The second-order valence-corrected chi connectivity index (χ2v) is 7.42. The summed E-state index contributed by atoms with van der Waals surface area (Å²) in [4.78, 5) is 24.5. The Kier molecular flexibility index (Phi) is 6.96. The predicted octanol–water partition coefficient (Wildman–Crippen LogP) is 5.24. The van der Waals surface area contributed by atoms with E-state index in [9.17, 15) is 22.8 Å². The Hall–Kier alpha value is -3.23. The number of nitrogens with one attached hydrogen (secondary N) is 2. The second-order valence-electron chi connectivity index (χ2n) is 7.42. The number of methoxy groups -OCH3 is 1. The number of ether oxygens (including phenoxy) is 2. The molecule has 2 amide bonds. The minimum atomic E-state index is -4.62. The van der Waals surface area contributed by atoms with E-state index in [1.165, 1.54) is 7.11 Å². The van der Waals surface area contributed by atoms with Crippen LogP contribution in [0, 0.1) is 0 Å². The fourth-order valence-corrected chi connectivity index (χ4v) is 2.56. The lowest BCUT2D eigenvalue weighted by Crippen LogP contribution is -2.27.